The van der Waals surface area contributed by atoms with Crippen LogP contribution in [0.5, 0.6) is 5.75 Å². The Morgan fingerprint density at radius 3 is 2.75 bits per heavy atom. The zero-order valence-electron chi connectivity index (χ0n) is 9.07. The molecule has 0 aliphatic rings. The molecule has 5 heteroatoms. The molecule has 0 saturated carbocycles. The van der Waals surface area contributed by atoms with Crippen LogP contribution in [0.3, 0.4) is 0 Å². The quantitative estimate of drug-likeness (QED) is 0.823. The monoisotopic (exact) mass is 244 g/mol. The third-order valence-corrected chi connectivity index (χ3v) is 2.46. The normalized spacial score (nSPS) is 12.0. The number of esters is 1. The molecular weight excluding hydrogens is 232 g/mol. The lowest BCUT2D eigenvalue weighted by atomic mass is 10.1. The van der Waals surface area contributed by atoms with E-state index in [2.05, 4.69) is 4.74 Å². The van der Waals surface area contributed by atoms with E-state index in [1.165, 1.54) is 14.2 Å². The first-order valence-corrected chi connectivity index (χ1v) is 5.04. The van der Waals surface area contributed by atoms with Gasteiger partial charge >= 0.3 is 5.97 Å². The Balaban J connectivity index is 2.83. The second-order valence-corrected chi connectivity index (χ2v) is 3.60. The summed E-state index contributed by atoms with van der Waals surface area (Å²) in [5.41, 5.74) is 0.562. The van der Waals surface area contributed by atoms with Crippen LogP contribution >= 0.6 is 11.6 Å². The van der Waals surface area contributed by atoms with Crippen molar-refractivity contribution in [3.63, 3.8) is 0 Å². The van der Waals surface area contributed by atoms with Gasteiger partial charge in [-0.2, -0.15) is 0 Å². The first kappa shape index (κ1) is 12.8. The average molecular weight is 245 g/mol. The molecule has 0 aliphatic carbocycles. The Morgan fingerprint density at radius 2 is 2.19 bits per heavy atom. The number of ether oxygens (including phenoxy) is 2. The molecule has 16 heavy (non-hydrogen) atoms. The number of aliphatic hydroxyl groups excluding tert-OH is 1. The molecule has 1 atom stereocenters. The molecule has 0 aliphatic heterocycles. The van der Waals surface area contributed by atoms with Crippen LogP contribution in [-0.2, 0) is 9.53 Å². The fourth-order valence-corrected chi connectivity index (χ4v) is 1.44. The maximum Gasteiger partial charge on any atom is 0.308 e. The summed E-state index contributed by atoms with van der Waals surface area (Å²) in [6, 6.07) is 4.84. The van der Waals surface area contributed by atoms with Crippen molar-refractivity contribution in [1.82, 2.24) is 0 Å². The summed E-state index contributed by atoms with van der Waals surface area (Å²) >= 11 is 5.84. The fourth-order valence-electron chi connectivity index (χ4n) is 1.24. The van der Waals surface area contributed by atoms with Gasteiger partial charge in [0.2, 0.25) is 0 Å². The minimum atomic E-state index is -0.918. The predicted octanol–water partition coefficient (Wildman–Crippen LogP) is 1.95. The molecule has 0 aromatic heterocycles. The van der Waals surface area contributed by atoms with Crippen molar-refractivity contribution >= 4 is 17.6 Å². The molecule has 0 amide bonds. The van der Waals surface area contributed by atoms with Crippen molar-refractivity contribution in [3.8, 4) is 5.75 Å². The molecule has 1 aromatic rings. The first-order chi connectivity index (χ1) is 7.58. The molecule has 4 nitrogen and oxygen atoms in total. The summed E-state index contributed by atoms with van der Waals surface area (Å²) < 4.78 is 9.47. The molecule has 1 unspecified atom stereocenters. The van der Waals surface area contributed by atoms with Crippen LogP contribution in [0, 0.1) is 0 Å². The molecule has 1 aromatic carbocycles. The lowest BCUT2D eigenvalue weighted by Gasteiger charge is -2.11. The highest BCUT2D eigenvalue weighted by Crippen LogP contribution is 2.28. The van der Waals surface area contributed by atoms with E-state index < -0.39 is 12.1 Å². The van der Waals surface area contributed by atoms with Crippen LogP contribution < -0.4 is 4.74 Å². The van der Waals surface area contributed by atoms with Gasteiger partial charge in [-0.25, -0.2) is 0 Å². The van der Waals surface area contributed by atoms with Gasteiger partial charge in [0.15, 0.2) is 0 Å². The number of halogens is 1. The number of carbonyl (C=O) groups excluding carboxylic acids is 1. The zero-order valence-corrected chi connectivity index (χ0v) is 9.82. The summed E-state index contributed by atoms with van der Waals surface area (Å²) in [6.45, 7) is 0. The SMILES string of the molecule is COC(=O)CC(O)c1ccc(Cl)c(OC)c1. The van der Waals surface area contributed by atoms with E-state index in [1.54, 1.807) is 18.2 Å². The van der Waals surface area contributed by atoms with Crippen LogP contribution in [0.4, 0.5) is 0 Å². The van der Waals surface area contributed by atoms with Crippen LogP contribution in [0.1, 0.15) is 18.1 Å². The van der Waals surface area contributed by atoms with E-state index in [-0.39, 0.29) is 6.42 Å². The van der Waals surface area contributed by atoms with Gasteiger partial charge in [0, 0.05) is 0 Å². The van der Waals surface area contributed by atoms with Gasteiger partial charge < -0.3 is 14.6 Å². The Morgan fingerprint density at radius 1 is 1.50 bits per heavy atom. The highest BCUT2D eigenvalue weighted by Gasteiger charge is 2.14. The van der Waals surface area contributed by atoms with E-state index in [9.17, 15) is 9.90 Å². The van der Waals surface area contributed by atoms with Crippen LogP contribution in [-0.4, -0.2) is 25.3 Å². The number of carbonyl (C=O) groups is 1. The Hall–Kier alpha value is -1.26. The van der Waals surface area contributed by atoms with Crippen molar-refractivity contribution in [2.75, 3.05) is 14.2 Å². The highest BCUT2D eigenvalue weighted by molar-refractivity contribution is 6.32. The summed E-state index contributed by atoms with van der Waals surface area (Å²) in [7, 11) is 2.76. The van der Waals surface area contributed by atoms with Crippen molar-refractivity contribution in [1.29, 1.82) is 0 Å². The number of rotatable bonds is 4. The largest absolute Gasteiger partial charge is 0.495 e. The van der Waals surface area contributed by atoms with Gasteiger partial charge in [-0.3, -0.25) is 4.79 Å². The van der Waals surface area contributed by atoms with Crippen LogP contribution in [0.2, 0.25) is 5.02 Å². The molecule has 0 heterocycles. The summed E-state index contributed by atoms with van der Waals surface area (Å²) in [6.07, 6.45) is -1.01. The topological polar surface area (TPSA) is 55.8 Å². The van der Waals surface area contributed by atoms with E-state index in [0.29, 0.717) is 16.3 Å². The minimum absolute atomic E-state index is 0.0959. The fraction of sp³-hybridized carbons (Fsp3) is 0.364. The standard InChI is InChI=1S/C11H13ClO4/c1-15-10-5-7(3-4-8(10)12)9(13)6-11(14)16-2/h3-5,9,13H,6H2,1-2H3. The lowest BCUT2D eigenvalue weighted by molar-refractivity contribution is -0.142. The highest BCUT2D eigenvalue weighted by atomic mass is 35.5. The number of aliphatic hydroxyl groups is 1. The van der Waals surface area contributed by atoms with Crippen molar-refractivity contribution < 1.29 is 19.4 Å². The molecule has 0 spiro atoms. The number of hydrogen-bond donors (Lipinski definition) is 1. The van der Waals surface area contributed by atoms with E-state index in [0.717, 1.165) is 0 Å². The number of hydrogen-bond acceptors (Lipinski definition) is 4. The summed E-state index contributed by atoms with van der Waals surface area (Å²) in [5, 5.41) is 10.2. The van der Waals surface area contributed by atoms with E-state index >= 15 is 0 Å². The Labute approximate surface area is 98.7 Å². The molecule has 1 rings (SSSR count). The average Bonchev–Trinajstić information content (AvgIpc) is 2.29. The molecule has 88 valence electrons. The van der Waals surface area contributed by atoms with Crippen LogP contribution in [0.25, 0.3) is 0 Å². The molecule has 0 bridgehead atoms. The summed E-state index contributed by atoms with van der Waals surface area (Å²) in [4.78, 5) is 11.0. The molecule has 1 N–H and O–H groups in total. The number of methoxy groups -OCH3 is 2. The minimum Gasteiger partial charge on any atom is -0.495 e. The van der Waals surface area contributed by atoms with Crippen molar-refractivity contribution in [2.45, 2.75) is 12.5 Å². The predicted molar refractivity (Wildman–Crippen MR) is 59.6 cm³/mol. The molecule has 0 radical (unpaired) electrons. The van der Waals surface area contributed by atoms with Gasteiger partial charge in [0.25, 0.3) is 0 Å². The van der Waals surface area contributed by atoms with Gasteiger partial charge in [0.05, 0.1) is 31.8 Å². The molecule has 0 fully saturated rings. The molecular formula is C11H13ClO4. The zero-order chi connectivity index (χ0) is 12.1. The Bertz CT molecular complexity index is 378. The second-order valence-electron chi connectivity index (χ2n) is 3.19. The van der Waals surface area contributed by atoms with Gasteiger partial charge in [-0.15, -0.1) is 0 Å². The maximum atomic E-state index is 11.0. The van der Waals surface area contributed by atoms with E-state index in [1.807, 2.05) is 0 Å². The van der Waals surface area contributed by atoms with Crippen molar-refractivity contribution in [3.05, 3.63) is 28.8 Å². The van der Waals surface area contributed by atoms with Crippen LogP contribution in [0.15, 0.2) is 18.2 Å². The number of benzene rings is 1. The lowest BCUT2D eigenvalue weighted by Crippen LogP contribution is -2.08. The van der Waals surface area contributed by atoms with Crippen molar-refractivity contribution in [2.24, 2.45) is 0 Å². The van der Waals surface area contributed by atoms with Gasteiger partial charge in [-0.1, -0.05) is 17.7 Å². The van der Waals surface area contributed by atoms with Gasteiger partial charge in [-0.05, 0) is 17.7 Å². The molecule has 0 saturated heterocycles. The third kappa shape index (κ3) is 3.12. The third-order valence-electron chi connectivity index (χ3n) is 2.15. The Kier molecular flexibility index (Phi) is 4.58. The van der Waals surface area contributed by atoms with E-state index in [4.69, 9.17) is 16.3 Å². The smallest absolute Gasteiger partial charge is 0.308 e. The van der Waals surface area contributed by atoms with Gasteiger partial charge in [0.1, 0.15) is 5.75 Å². The first-order valence-electron chi connectivity index (χ1n) is 4.66. The second kappa shape index (κ2) is 5.72. The summed E-state index contributed by atoms with van der Waals surface area (Å²) in [5.74, 6) is -0.00972. The maximum absolute atomic E-state index is 11.0.